The molecule has 8 heteroatoms. The highest BCUT2D eigenvalue weighted by atomic mass is 32.1. The smallest absolute Gasteiger partial charge is 0.263 e. The van der Waals surface area contributed by atoms with Gasteiger partial charge in [-0.05, 0) is 67.2 Å². The number of nitrogens with one attached hydrogen (secondary N) is 2. The Balaban J connectivity index is 1.43. The molecule has 3 heterocycles. The van der Waals surface area contributed by atoms with Crippen molar-refractivity contribution in [1.82, 2.24) is 20.6 Å². The van der Waals surface area contributed by atoms with Gasteiger partial charge in [-0.3, -0.25) is 14.5 Å². The molecule has 0 atom stereocenters. The van der Waals surface area contributed by atoms with E-state index < -0.39 is 0 Å². The summed E-state index contributed by atoms with van der Waals surface area (Å²) >= 11 is 1.44. The van der Waals surface area contributed by atoms with E-state index in [0.29, 0.717) is 17.2 Å². The second-order valence-corrected chi connectivity index (χ2v) is 11.5. The van der Waals surface area contributed by atoms with Crippen LogP contribution in [0.3, 0.4) is 0 Å². The molecule has 1 aromatic carbocycles. The number of anilines is 1. The van der Waals surface area contributed by atoms with Gasteiger partial charge in [0, 0.05) is 31.1 Å². The van der Waals surface area contributed by atoms with Crippen LogP contribution in [0.1, 0.15) is 59.4 Å². The zero-order valence-electron chi connectivity index (χ0n) is 21.7. The van der Waals surface area contributed by atoms with Crippen LogP contribution in [0.25, 0.3) is 11.1 Å². The summed E-state index contributed by atoms with van der Waals surface area (Å²) in [5.74, 6) is 0.721. The molecule has 2 aromatic heterocycles. The van der Waals surface area contributed by atoms with Gasteiger partial charge in [-0.2, -0.15) is 0 Å². The third-order valence-corrected chi connectivity index (χ3v) is 8.02. The predicted molar refractivity (Wildman–Crippen MR) is 145 cm³/mol. The van der Waals surface area contributed by atoms with Crippen molar-refractivity contribution in [2.75, 3.05) is 25.0 Å². The normalized spacial score (nSPS) is 14.5. The van der Waals surface area contributed by atoms with Crippen molar-refractivity contribution >= 4 is 29.0 Å². The Kier molecular flexibility index (Phi) is 7.85. The first-order valence-electron chi connectivity index (χ1n) is 12.4. The summed E-state index contributed by atoms with van der Waals surface area (Å²) in [5, 5.41) is 7.28. The van der Waals surface area contributed by atoms with E-state index in [1.54, 1.807) is 24.3 Å². The van der Waals surface area contributed by atoms with Crippen LogP contribution in [0, 0.1) is 12.8 Å². The molecule has 0 spiro atoms. The molecule has 190 valence electrons. The lowest BCUT2D eigenvalue weighted by Gasteiger charge is -2.26. The quantitative estimate of drug-likeness (QED) is 0.507. The highest BCUT2D eigenvalue weighted by Gasteiger charge is 2.25. The van der Waals surface area contributed by atoms with E-state index in [4.69, 9.17) is 0 Å². The van der Waals surface area contributed by atoms with Gasteiger partial charge in [-0.1, -0.05) is 39.0 Å². The lowest BCUT2D eigenvalue weighted by atomic mass is 9.96. The number of aryl methyl sites for hydroxylation is 1. The Bertz CT molecular complexity index is 1240. The minimum Gasteiger partial charge on any atom is -0.347 e. The Morgan fingerprint density at radius 2 is 1.83 bits per heavy atom. The molecule has 36 heavy (non-hydrogen) atoms. The molecule has 7 nitrogen and oxygen atoms in total. The molecule has 0 unspecified atom stereocenters. The third kappa shape index (κ3) is 5.99. The summed E-state index contributed by atoms with van der Waals surface area (Å²) in [6, 6.07) is 10.1. The molecule has 2 amide bonds. The highest BCUT2D eigenvalue weighted by Crippen LogP contribution is 2.28. The maximum absolute atomic E-state index is 12.9. The minimum absolute atomic E-state index is 0.0449. The van der Waals surface area contributed by atoms with E-state index in [-0.39, 0.29) is 23.1 Å². The maximum Gasteiger partial charge on any atom is 0.263 e. The van der Waals surface area contributed by atoms with Crippen LogP contribution >= 0.6 is 11.3 Å². The number of carbonyl (C=O) groups is 2. The molecule has 2 N–H and O–H groups in total. The molecular weight excluding hydrogens is 470 g/mol. The van der Waals surface area contributed by atoms with Crippen LogP contribution in [0.4, 0.5) is 5.82 Å². The van der Waals surface area contributed by atoms with Crippen molar-refractivity contribution in [3.8, 4) is 11.1 Å². The van der Waals surface area contributed by atoms with Crippen LogP contribution in [0.5, 0.6) is 0 Å². The van der Waals surface area contributed by atoms with Crippen molar-refractivity contribution in [2.24, 2.45) is 5.92 Å². The van der Waals surface area contributed by atoms with Gasteiger partial charge >= 0.3 is 0 Å². The van der Waals surface area contributed by atoms with Gasteiger partial charge in [0.1, 0.15) is 10.7 Å². The number of hydrogen-bond acceptors (Lipinski definition) is 6. The van der Waals surface area contributed by atoms with Crippen LogP contribution in [0.15, 0.2) is 42.7 Å². The van der Waals surface area contributed by atoms with Gasteiger partial charge < -0.3 is 10.6 Å². The van der Waals surface area contributed by atoms with E-state index in [0.717, 1.165) is 53.2 Å². The van der Waals surface area contributed by atoms with Crippen LogP contribution < -0.4 is 15.5 Å². The van der Waals surface area contributed by atoms with Crippen molar-refractivity contribution in [1.29, 1.82) is 0 Å². The van der Waals surface area contributed by atoms with Gasteiger partial charge in [0.05, 0.1) is 11.2 Å². The van der Waals surface area contributed by atoms with E-state index in [1.807, 2.05) is 31.2 Å². The Morgan fingerprint density at radius 3 is 2.50 bits per heavy atom. The SMILES string of the molecule is Cc1cc(-c2ccnc(N(C)C(=O)C3CCNCC3)c2)ccc1CNC(=O)c1cnc(C(C)(C)C)s1. The van der Waals surface area contributed by atoms with E-state index >= 15 is 0 Å². The van der Waals surface area contributed by atoms with E-state index in [1.165, 1.54) is 11.3 Å². The third-order valence-electron chi connectivity index (χ3n) is 6.59. The minimum atomic E-state index is -0.105. The second-order valence-electron chi connectivity index (χ2n) is 10.4. The molecular formula is C28H35N5O2S. The molecule has 0 saturated carbocycles. The largest absolute Gasteiger partial charge is 0.347 e. The number of benzene rings is 1. The predicted octanol–water partition coefficient (Wildman–Crippen LogP) is 4.70. The standard InChI is InChI=1S/C28H35N5O2S/c1-18-14-20(6-7-22(18)16-31-25(34)23-17-32-27(36-23)28(2,3)4)21-10-13-30-24(15-21)33(5)26(35)19-8-11-29-12-9-19/h6-7,10,13-15,17,19,29H,8-9,11-12,16H2,1-5H3,(H,31,34). The van der Waals surface area contributed by atoms with Crippen molar-refractivity contribution in [2.45, 2.75) is 52.5 Å². The lowest BCUT2D eigenvalue weighted by Crippen LogP contribution is -2.39. The second kappa shape index (κ2) is 10.9. The molecule has 1 saturated heterocycles. The van der Waals surface area contributed by atoms with Crippen LogP contribution in [0.2, 0.25) is 0 Å². The van der Waals surface area contributed by atoms with E-state index in [2.05, 4.69) is 47.4 Å². The molecule has 0 aliphatic carbocycles. The Morgan fingerprint density at radius 1 is 1.11 bits per heavy atom. The molecule has 0 bridgehead atoms. The first-order valence-corrected chi connectivity index (χ1v) is 13.2. The molecule has 3 aromatic rings. The van der Waals surface area contributed by atoms with E-state index in [9.17, 15) is 9.59 Å². The number of amides is 2. The fraction of sp³-hybridized carbons (Fsp3) is 0.429. The topological polar surface area (TPSA) is 87.2 Å². The number of aromatic nitrogens is 2. The summed E-state index contributed by atoms with van der Waals surface area (Å²) in [4.78, 5) is 36.8. The molecule has 1 aliphatic heterocycles. The van der Waals surface area contributed by atoms with Gasteiger partial charge in [0.15, 0.2) is 0 Å². The maximum atomic E-state index is 12.9. The summed E-state index contributed by atoms with van der Waals surface area (Å²) in [5.41, 5.74) is 4.12. The summed E-state index contributed by atoms with van der Waals surface area (Å²) in [6.45, 7) is 10.5. The van der Waals surface area contributed by atoms with Crippen molar-refractivity contribution in [3.63, 3.8) is 0 Å². The lowest BCUT2D eigenvalue weighted by molar-refractivity contribution is -0.122. The number of carbonyl (C=O) groups excluding carboxylic acids is 2. The van der Waals surface area contributed by atoms with Crippen molar-refractivity contribution in [3.05, 3.63) is 63.7 Å². The summed E-state index contributed by atoms with van der Waals surface area (Å²) in [7, 11) is 1.81. The fourth-order valence-corrected chi connectivity index (χ4v) is 5.19. The average Bonchev–Trinajstić information content (AvgIpc) is 3.39. The number of pyridine rings is 1. The molecule has 0 radical (unpaired) electrons. The molecule has 1 aliphatic rings. The zero-order valence-corrected chi connectivity index (χ0v) is 22.5. The zero-order chi connectivity index (χ0) is 25.9. The Labute approximate surface area is 217 Å². The molecule has 1 fully saturated rings. The first-order chi connectivity index (χ1) is 17.1. The monoisotopic (exact) mass is 505 g/mol. The van der Waals surface area contributed by atoms with Gasteiger partial charge in [-0.25, -0.2) is 9.97 Å². The van der Waals surface area contributed by atoms with Gasteiger partial charge in [-0.15, -0.1) is 11.3 Å². The molecule has 4 rings (SSSR count). The van der Waals surface area contributed by atoms with Crippen molar-refractivity contribution < 1.29 is 9.59 Å². The summed E-state index contributed by atoms with van der Waals surface area (Å²) in [6.07, 6.45) is 5.13. The van der Waals surface area contributed by atoms with Crippen LogP contribution in [-0.2, 0) is 16.8 Å². The van der Waals surface area contributed by atoms with Crippen LogP contribution in [-0.4, -0.2) is 41.9 Å². The van der Waals surface area contributed by atoms with Gasteiger partial charge in [0.25, 0.3) is 5.91 Å². The first kappa shape index (κ1) is 26.0. The number of hydrogen-bond donors (Lipinski definition) is 2. The average molecular weight is 506 g/mol. The number of nitrogens with zero attached hydrogens (tertiary/aromatic N) is 3. The Hall–Kier alpha value is -3.10. The van der Waals surface area contributed by atoms with Gasteiger partial charge in [0.2, 0.25) is 5.91 Å². The summed E-state index contributed by atoms with van der Waals surface area (Å²) < 4.78 is 0. The number of thiazole rings is 1. The number of piperidine rings is 1. The number of rotatable bonds is 6. The highest BCUT2D eigenvalue weighted by molar-refractivity contribution is 7.13. The fourth-order valence-electron chi connectivity index (χ4n) is 4.30.